The van der Waals surface area contributed by atoms with Gasteiger partial charge in [-0.1, -0.05) is 20.8 Å². The number of anilines is 1. The van der Waals surface area contributed by atoms with Crippen molar-refractivity contribution in [1.82, 2.24) is 9.55 Å². The van der Waals surface area contributed by atoms with Crippen molar-refractivity contribution in [3.8, 4) is 0 Å². The third-order valence-corrected chi connectivity index (χ3v) is 3.45. The Balaban J connectivity index is 2.35. The first-order valence-electron chi connectivity index (χ1n) is 6.31. The smallest absolute Gasteiger partial charge is 0.126 e. The van der Waals surface area contributed by atoms with Gasteiger partial charge in [-0.25, -0.2) is 4.98 Å². The van der Waals surface area contributed by atoms with E-state index in [0.717, 1.165) is 43.4 Å². The zero-order chi connectivity index (χ0) is 12.6. The molecule has 0 spiro atoms. The highest BCUT2D eigenvalue weighted by Crippen LogP contribution is 2.33. The van der Waals surface area contributed by atoms with Crippen LogP contribution in [0.1, 0.15) is 51.0 Å². The molecule has 1 aliphatic rings. The van der Waals surface area contributed by atoms with Crippen LogP contribution >= 0.6 is 0 Å². The van der Waals surface area contributed by atoms with Crippen LogP contribution in [0.4, 0.5) is 5.82 Å². The molecule has 0 radical (unpaired) electrons. The average molecular weight is 237 g/mol. The standard InChI is InChI=1S/C13H23N3O/c1-13(2,3)12-15-10(11(14)16(12)4)9-5-7-17-8-6-9/h9H,5-8,14H2,1-4H3. The van der Waals surface area contributed by atoms with E-state index in [1.807, 2.05) is 11.6 Å². The quantitative estimate of drug-likeness (QED) is 0.814. The third kappa shape index (κ3) is 2.32. The van der Waals surface area contributed by atoms with Gasteiger partial charge < -0.3 is 15.0 Å². The van der Waals surface area contributed by atoms with Crippen LogP contribution in [0.5, 0.6) is 0 Å². The van der Waals surface area contributed by atoms with E-state index in [1.54, 1.807) is 0 Å². The minimum Gasteiger partial charge on any atom is -0.384 e. The van der Waals surface area contributed by atoms with Crippen molar-refractivity contribution in [3.63, 3.8) is 0 Å². The summed E-state index contributed by atoms with van der Waals surface area (Å²) in [6.07, 6.45) is 2.07. The van der Waals surface area contributed by atoms with Crippen LogP contribution < -0.4 is 5.73 Å². The average Bonchev–Trinajstić information content (AvgIpc) is 2.57. The SMILES string of the molecule is Cn1c(C(C)(C)C)nc(C2CCOCC2)c1N. The zero-order valence-corrected chi connectivity index (χ0v) is 11.3. The van der Waals surface area contributed by atoms with Gasteiger partial charge in [-0.05, 0) is 12.8 Å². The van der Waals surface area contributed by atoms with Crippen molar-refractivity contribution >= 4 is 5.82 Å². The highest BCUT2D eigenvalue weighted by atomic mass is 16.5. The Labute approximate surface area is 103 Å². The second-order valence-corrected chi connectivity index (χ2v) is 5.90. The van der Waals surface area contributed by atoms with Crippen molar-refractivity contribution in [2.24, 2.45) is 7.05 Å². The van der Waals surface area contributed by atoms with Gasteiger partial charge in [0.25, 0.3) is 0 Å². The van der Waals surface area contributed by atoms with Crippen LogP contribution in [-0.2, 0) is 17.2 Å². The number of aromatic nitrogens is 2. The predicted octanol–water partition coefficient (Wildman–Crippen LogP) is 2.19. The maximum atomic E-state index is 6.19. The number of hydrogen-bond acceptors (Lipinski definition) is 3. The molecule has 1 saturated heterocycles. The van der Waals surface area contributed by atoms with Gasteiger partial charge in [0.1, 0.15) is 11.6 Å². The van der Waals surface area contributed by atoms with Crippen LogP contribution in [0.2, 0.25) is 0 Å². The molecule has 0 saturated carbocycles. The van der Waals surface area contributed by atoms with Crippen LogP contribution in [0.25, 0.3) is 0 Å². The molecule has 0 atom stereocenters. The van der Waals surface area contributed by atoms with Gasteiger partial charge in [-0.15, -0.1) is 0 Å². The normalized spacial score (nSPS) is 18.6. The lowest BCUT2D eigenvalue weighted by Crippen LogP contribution is -2.18. The van der Waals surface area contributed by atoms with E-state index >= 15 is 0 Å². The lowest BCUT2D eigenvalue weighted by molar-refractivity contribution is 0.0847. The van der Waals surface area contributed by atoms with Crippen LogP contribution in [0.15, 0.2) is 0 Å². The minimum atomic E-state index is 0.0340. The number of nitrogen functional groups attached to an aromatic ring is 1. The lowest BCUT2D eigenvalue weighted by Gasteiger charge is -2.20. The summed E-state index contributed by atoms with van der Waals surface area (Å²) >= 11 is 0. The highest BCUT2D eigenvalue weighted by molar-refractivity contribution is 5.41. The minimum absolute atomic E-state index is 0.0340. The fraction of sp³-hybridized carbons (Fsp3) is 0.769. The summed E-state index contributed by atoms with van der Waals surface area (Å²) in [5.41, 5.74) is 7.29. The first kappa shape index (κ1) is 12.4. The summed E-state index contributed by atoms with van der Waals surface area (Å²) < 4.78 is 7.42. The molecular weight excluding hydrogens is 214 g/mol. The topological polar surface area (TPSA) is 53.1 Å². The summed E-state index contributed by atoms with van der Waals surface area (Å²) in [6.45, 7) is 8.16. The Hall–Kier alpha value is -1.03. The summed E-state index contributed by atoms with van der Waals surface area (Å²) in [5.74, 6) is 2.35. The van der Waals surface area contributed by atoms with Gasteiger partial charge in [0.2, 0.25) is 0 Å². The summed E-state index contributed by atoms with van der Waals surface area (Å²) in [7, 11) is 2.01. The molecule has 0 aromatic carbocycles. The molecule has 0 amide bonds. The Bertz CT molecular complexity index is 398. The van der Waals surface area contributed by atoms with Gasteiger partial charge in [0.15, 0.2) is 0 Å². The molecule has 1 aromatic rings. The monoisotopic (exact) mass is 237 g/mol. The van der Waals surface area contributed by atoms with E-state index in [1.165, 1.54) is 0 Å². The first-order chi connectivity index (χ1) is 7.91. The summed E-state index contributed by atoms with van der Waals surface area (Å²) in [4.78, 5) is 4.79. The van der Waals surface area contributed by atoms with Gasteiger partial charge in [-0.2, -0.15) is 0 Å². The van der Waals surface area contributed by atoms with Crippen molar-refractivity contribution in [1.29, 1.82) is 0 Å². The molecule has 17 heavy (non-hydrogen) atoms. The largest absolute Gasteiger partial charge is 0.384 e. The molecule has 2 N–H and O–H groups in total. The Morgan fingerprint density at radius 3 is 2.35 bits per heavy atom. The molecule has 0 aliphatic carbocycles. The Morgan fingerprint density at radius 2 is 1.88 bits per heavy atom. The van der Waals surface area contributed by atoms with Gasteiger partial charge in [0, 0.05) is 31.6 Å². The van der Waals surface area contributed by atoms with Crippen molar-refractivity contribution < 1.29 is 4.74 Å². The fourth-order valence-corrected chi connectivity index (χ4v) is 2.47. The van der Waals surface area contributed by atoms with E-state index < -0.39 is 0 Å². The van der Waals surface area contributed by atoms with E-state index in [-0.39, 0.29) is 5.41 Å². The molecule has 4 nitrogen and oxygen atoms in total. The number of hydrogen-bond donors (Lipinski definition) is 1. The number of nitrogens with zero attached hydrogens (tertiary/aromatic N) is 2. The molecule has 2 rings (SSSR count). The summed E-state index contributed by atoms with van der Waals surface area (Å²) in [5, 5.41) is 0. The second kappa shape index (κ2) is 4.33. The first-order valence-corrected chi connectivity index (χ1v) is 6.31. The number of rotatable bonds is 1. The van der Waals surface area contributed by atoms with Gasteiger partial charge >= 0.3 is 0 Å². The second-order valence-electron chi connectivity index (χ2n) is 5.90. The number of imidazole rings is 1. The van der Waals surface area contributed by atoms with Crippen molar-refractivity contribution in [2.45, 2.75) is 44.9 Å². The molecule has 4 heteroatoms. The van der Waals surface area contributed by atoms with Crippen LogP contribution in [0, 0.1) is 0 Å². The van der Waals surface area contributed by atoms with E-state index in [2.05, 4.69) is 20.8 Å². The van der Waals surface area contributed by atoms with E-state index in [0.29, 0.717) is 5.92 Å². The molecule has 0 bridgehead atoms. The molecule has 96 valence electrons. The molecule has 1 aliphatic heterocycles. The number of ether oxygens (including phenoxy) is 1. The number of nitrogens with two attached hydrogens (primary N) is 1. The zero-order valence-electron chi connectivity index (χ0n) is 11.3. The van der Waals surface area contributed by atoms with Gasteiger partial charge in [-0.3, -0.25) is 0 Å². The maximum Gasteiger partial charge on any atom is 0.126 e. The Kier molecular flexibility index (Phi) is 3.17. The lowest BCUT2D eigenvalue weighted by atomic mass is 9.95. The predicted molar refractivity (Wildman–Crippen MR) is 69.1 cm³/mol. The third-order valence-electron chi connectivity index (χ3n) is 3.45. The van der Waals surface area contributed by atoms with Crippen LogP contribution in [0.3, 0.4) is 0 Å². The van der Waals surface area contributed by atoms with E-state index in [9.17, 15) is 0 Å². The fourth-order valence-electron chi connectivity index (χ4n) is 2.47. The Morgan fingerprint density at radius 1 is 1.29 bits per heavy atom. The van der Waals surface area contributed by atoms with E-state index in [4.69, 9.17) is 15.5 Å². The van der Waals surface area contributed by atoms with Crippen molar-refractivity contribution in [3.05, 3.63) is 11.5 Å². The highest BCUT2D eigenvalue weighted by Gasteiger charge is 2.27. The van der Waals surface area contributed by atoms with Crippen LogP contribution in [-0.4, -0.2) is 22.8 Å². The molecular formula is C13H23N3O. The summed E-state index contributed by atoms with van der Waals surface area (Å²) in [6, 6.07) is 0. The van der Waals surface area contributed by atoms with Crippen molar-refractivity contribution in [2.75, 3.05) is 18.9 Å². The molecule has 1 aromatic heterocycles. The molecule has 1 fully saturated rings. The maximum absolute atomic E-state index is 6.19. The van der Waals surface area contributed by atoms with Gasteiger partial charge in [0.05, 0.1) is 5.69 Å². The molecule has 2 heterocycles. The molecule has 0 unspecified atom stereocenters.